The summed E-state index contributed by atoms with van der Waals surface area (Å²) in [4.78, 5) is 59.4. The number of aromatic nitrogens is 2. The number of carbonyl (C=O) groups is 4. The highest BCUT2D eigenvalue weighted by molar-refractivity contribution is 8.00. The highest BCUT2D eigenvalue weighted by atomic mass is 32.2. The first kappa shape index (κ1) is 25.7. The maximum atomic E-state index is 13.1. The van der Waals surface area contributed by atoms with Crippen molar-refractivity contribution in [1.29, 1.82) is 0 Å². The third-order valence-corrected chi connectivity index (χ3v) is 7.61. The van der Waals surface area contributed by atoms with Crippen LogP contribution in [0.4, 0.5) is 5.13 Å². The van der Waals surface area contributed by atoms with E-state index in [0.717, 1.165) is 11.3 Å². The summed E-state index contributed by atoms with van der Waals surface area (Å²) in [5.41, 5.74) is 0.535. The predicted octanol–water partition coefficient (Wildman–Crippen LogP) is 0.479. The number of hydrogen-bond acceptors (Lipinski definition) is 10. The van der Waals surface area contributed by atoms with Gasteiger partial charge in [0.1, 0.15) is 22.8 Å². The quantitative estimate of drug-likeness (QED) is 0.0691. The number of nitrogens with one attached hydrogen (secondary N) is 2. The molecule has 188 valence electrons. The molecule has 2 atom stereocenters. The minimum Gasteiger partial charge on any atom is -0.477 e. The fourth-order valence-corrected chi connectivity index (χ4v) is 5.77. The Labute approximate surface area is 217 Å². The van der Waals surface area contributed by atoms with Crippen LogP contribution in [0.25, 0.3) is 0 Å². The Balaban J connectivity index is 1.52. The lowest BCUT2D eigenvalue weighted by Gasteiger charge is -2.49. The summed E-state index contributed by atoms with van der Waals surface area (Å²) in [5, 5.41) is 20.0. The van der Waals surface area contributed by atoms with Crippen LogP contribution in [-0.2, 0) is 30.6 Å². The average Bonchev–Trinajstić information content (AvgIpc) is 3.33. The number of carboxylic acid groups (broad SMARTS) is 1. The molecule has 1 fully saturated rings. The molecule has 0 saturated carbocycles. The molecule has 3 amide bonds. The molecule has 2 aliphatic rings. The number of carboxylic acids is 1. The number of oxime groups is 1. The summed E-state index contributed by atoms with van der Waals surface area (Å²) in [6.07, 6.45) is 5.89. The number of carbonyl (C=O) groups excluding carboxylic acids is 3. The molecule has 0 aromatic carbocycles. The lowest BCUT2D eigenvalue weighted by Crippen LogP contribution is -2.71. The molecule has 4 heterocycles. The molecule has 0 aliphatic carbocycles. The molecule has 2 aliphatic heterocycles. The number of thiazole rings is 1. The topological polar surface area (TPSA) is 154 Å². The second-order valence-electron chi connectivity index (χ2n) is 7.44. The first-order valence-corrected chi connectivity index (χ1v) is 13.8. The fraction of sp³-hybridized carbons (Fsp3) is 0.286. The number of thioether (sulfide) groups is 2. The van der Waals surface area contributed by atoms with E-state index >= 15 is 0 Å². The van der Waals surface area contributed by atoms with E-state index in [1.54, 1.807) is 6.26 Å². The van der Waals surface area contributed by atoms with Gasteiger partial charge in [-0.25, -0.2) is 14.3 Å². The van der Waals surface area contributed by atoms with Crippen molar-refractivity contribution in [2.75, 3.05) is 23.3 Å². The van der Waals surface area contributed by atoms with Gasteiger partial charge in [-0.3, -0.25) is 19.3 Å². The number of aliphatic carboxylic acids is 1. The number of β-lactam (4-membered cyclic amide) rings is 1. The van der Waals surface area contributed by atoms with E-state index in [-0.39, 0.29) is 28.2 Å². The average molecular weight is 550 g/mol. The number of hydrogen-bond donors (Lipinski definition) is 3. The zero-order chi connectivity index (χ0) is 25.7. The van der Waals surface area contributed by atoms with Crippen LogP contribution in [-0.4, -0.2) is 74.3 Å². The van der Waals surface area contributed by atoms with Gasteiger partial charge in [0.25, 0.3) is 11.8 Å². The van der Waals surface area contributed by atoms with Crippen LogP contribution < -0.4 is 15.2 Å². The number of nitrogens with zero attached hydrogens (tertiary/aromatic N) is 4. The molecule has 0 radical (unpaired) electrons. The molecule has 2 aromatic heterocycles. The van der Waals surface area contributed by atoms with Crippen LogP contribution >= 0.6 is 34.9 Å². The minimum absolute atomic E-state index is 0.0631. The van der Waals surface area contributed by atoms with E-state index in [2.05, 4.69) is 20.8 Å². The Hall–Kier alpha value is -3.43. The fourth-order valence-electron chi connectivity index (χ4n) is 3.62. The van der Waals surface area contributed by atoms with Gasteiger partial charge >= 0.3 is 5.97 Å². The van der Waals surface area contributed by atoms with E-state index < -0.39 is 29.2 Å². The van der Waals surface area contributed by atoms with E-state index in [4.69, 9.17) is 4.84 Å². The summed E-state index contributed by atoms with van der Waals surface area (Å²) in [7, 11) is 0. The molecule has 3 N–H and O–H groups in total. The first-order valence-electron chi connectivity index (χ1n) is 10.4. The zero-order valence-corrected chi connectivity index (χ0v) is 21.3. The Morgan fingerprint density at radius 1 is 1.39 bits per heavy atom. The summed E-state index contributed by atoms with van der Waals surface area (Å²) in [6, 6.07) is 4.58. The number of pyridine rings is 1. The Kier molecular flexibility index (Phi) is 8.22. The first-order chi connectivity index (χ1) is 17.4. The van der Waals surface area contributed by atoms with Crippen LogP contribution in [0.1, 0.15) is 5.69 Å². The molecular formula is C21H21N6O6S3+. The van der Waals surface area contributed by atoms with Crippen molar-refractivity contribution in [1.82, 2.24) is 15.2 Å². The van der Waals surface area contributed by atoms with Crippen LogP contribution in [0.5, 0.6) is 0 Å². The maximum Gasteiger partial charge on any atom is 0.352 e. The summed E-state index contributed by atoms with van der Waals surface area (Å²) >= 11 is 3.82. The molecule has 2 aromatic rings. The third kappa shape index (κ3) is 5.37. The van der Waals surface area contributed by atoms with Gasteiger partial charge in [-0.2, -0.15) is 0 Å². The Morgan fingerprint density at radius 2 is 2.17 bits per heavy atom. The molecule has 1 unspecified atom stereocenters. The molecule has 4 rings (SSSR count). The second kappa shape index (κ2) is 11.5. The van der Waals surface area contributed by atoms with E-state index in [1.165, 1.54) is 33.8 Å². The smallest absolute Gasteiger partial charge is 0.352 e. The van der Waals surface area contributed by atoms with Gasteiger partial charge in [-0.1, -0.05) is 11.2 Å². The van der Waals surface area contributed by atoms with Gasteiger partial charge in [-0.05, 0) is 6.26 Å². The van der Waals surface area contributed by atoms with E-state index in [0.29, 0.717) is 24.3 Å². The maximum absolute atomic E-state index is 13.1. The van der Waals surface area contributed by atoms with Gasteiger partial charge < -0.3 is 20.6 Å². The van der Waals surface area contributed by atoms with Crippen molar-refractivity contribution in [2.24, 2.45) is 5.16 Å². The third-order valence-electron chi connectivity index (χ3n) is 5.16. The van der Waals surface area contributed by atoms with Crippen LogP contribution in [0.3, 0.4) is 0 Å². The molecular weight excluding hydrogens is 528 g/mol. The van der Waals surface area contributed by atoms with Crippen LogP contribution in [0.2, 0.25) is 0 Å². The number of rotatable bonds is 11. The highest BCUT2D eigenvalue weighted by Crippen LogP contribution is 2.40. The summed E-state index contributed by atoms with van der Waals surface area (Å²) in [5.74, 6) is -1.86. The van der Waals surface area contributed by atoms with E-state index in [9.17, 15) is 24.3 Å². The molecule has 1 saturated heterocycles. The van der Waals surface area contributed by atoms with Gasteiger partial charge in [-0.15, -0.1) is 34.9 Å². The summed E-state index contributed by atoms with van der Waals surface area (Å²) < 4.78 is 1.83. The standard InChI is InChI=1S/C21H20N6O6S3/c1-34-11-33-25-14(13-9-36-21(23-13)22-10-28)17(29)24-15-18(30)27-16(20(31)32)12(8-35-19(15)27)7-26-5-3-2-4-6-26/h2-6,9-10,15,19H,7-8,11H2,1H3,(H2-,22,23,24,28,29,31,32)/p+1/t15?,19-/m1/s1. The number of fused-ring (bicyclic) bond motifs is 1. The monoisotopic (exact) mass is 549 g/mol. The SMILES string of the molecule is CSCON=C(C(=O)NC1C(=O)N2C(C(=O)O)=C(C[n+]3ccccc3)CS[C@H]12)c1csc(NC=O)n1. The summed E-state index contributed by atoms with van der Waals surface area (Å²) in [6.45, 7) is 0.327. The van der Waals surface area contributed by atoms with Crippen molar-refractivity contribution in [2.45, 2.75) is 18.0 Å². The molecule has 36 heavy (non-hydrogen) atoms. The van der Waals surface area contributed by atoms with Crippen molar-refractivity contribution in [3.8, 4) is 0 Å². The lowest BCUT2D eigenvalue weighted by molar-refractivity contribution is -0.689. The van der Waals surface area contributed by atoms with Crippen molar-refractivity contribution < 1.29 is 33.7 Å². The largest absolute Gasteiger partial charge is 0.477 e. The Morgan fingerprint density at radius 3 is 2.86 bits per heavy atom. The minimum atomic E-state index is -1.20. The van der Waals surface area contributed by atoms with Gasteiger partial charge in [0.05, 0.1) is 0 Å². The number of amides is 3. The van der Waals surface area contributed by atoms with E-state index in [1.807, 2.05) is 35.2 Å². The molecule has 12 nitrogen and oxygen atoms in total. The van der Waals surface area contributed by atoms with Crippen LogP contribution in [0, 0.1) is 0 Å². The molecule has 0 spiro atoms. The molecule has 0 bridgehead atoms. The van der Waals surface area contributed by atoms with Crippen molar-refractivity contribution >= 4 is 69.9 Å². The highest BCUT2D eigenvalue weighted by Gasteiger charge is 2.54. The lowest BCUT2D eigenvalue weighted by atomic mass is 10.0. The normalized spacial score (nSPS) is 19.3. The Bertz CT molecular complexity index is 1230. The van der Waals surface area contributed by atoms with Gasteiger partial charge in [0.2, 0.25) is 6.41 Å². The predicted molar refractivity (Wildman–Crippen MR) is 134 cm³/mol. The van der Waals surface area contributed by atoms with Crippen molar-refractivity contribution in [3.05, 3.63) is 52.9 Å². The van der Waals surface area contributed by atoms with Gasteiger partial charge in [0, 0.05) is 28.8 Å². The molecule has 15 heteroatoms. The van der Waals surface area contributed by atoms with Crippen LogP contribution in [0.15, 0.2) is 52.4 Å². The zero-order valence-electron chi connectivity index (χ0n) is 18.8. The van der Waals surface area contributed by atoms with Gasteiger partial charge in [0.15, 0.2) is 35.7 Å². The van der Waals surface area contributed by atoms with Crippen molar-refractivity contribution in [3.63, 3.8) is 0 Å². The number of anilines is 1. The second-order valence-corrected chi connectivity index (χ2v) is 10.2.